The highest BCUT2D eigenvalue weighted by molar-refractivity contribution is 9.10. The fraction of sp³-hybridized carbons (Fsp3) is 0.636. The van der Waals surface area contributed by atoms with E-state index in [-0.39, 0.29) is 5.91 Å². The Bertz CT molecular complexity index is 419. The van der Waals surface area contributed by atoms with Gasteiger partial charge in [-0.15, -0.1) is 0 Å². The lowest BCUT2D eigenvalue weighted by molar-refractivity contribution is -0.122. The average Bonchev–Trinajstić information content (AvgIpc) is 2.54. The molecule has 1 atom stereocenters. The Morgan fingerprint density at radius 3 is 2.94 bits per heavy atom. The van der Waals surface area contributed by atoms with Crippen molar-refractivity contribution < 1.29 is 4.79 Å². The normalized spacial score (nSPS) is 20.4. The maximum atomic E-state index is 11.0. The molecule has 1 amide bonds. The van der Waals surface area contributed by atoms with Crippen LogP contribution in [0.25, 0.3) is 0 Å². The molecule has 2 rings (SSSR count). The van der Waals surface area contributed by atoms with E-state index in [1.54, 1.807) is 0 Å². The van der Waals surface area contributed by atoms with E-state index in [1.165, 1.54) is 0 Å². The van der Waals surface area contributed by atoms with Crippen LogP contribution in [0.4, 0.5) is 0 Å². The number of carbonyl (C=O) groups excluding carboxylic acids is 1. The molecule has 1 aliphatic rings. The molecule has 1 fully saturated rings. The summed E-state index contributed by atoms with van der Waals surface area (Å²) in [4.78, 5) is 11.0. The van der Waals surface area contributed by atoms with Gasteiger partial charge in [-0.3, -0.25) is 9.48 Å². The van der Waals surface area contributed by atoms with Crippen LogP contribution in [0, 0.1) is 6.92 Å². The first-order valence-electron chi connectivity index (χ1n) is 5.76. The third-order valence-electron chi connectivity index (χ3n) is 3.09. The lowest BCUT2D eigenvalue weighted by Gasteiger charge is -2.23. The van der Waals surface area contributed by atoms with Gasteiger partial charge in [0.2, 0.25) is 5.91 Å². The van der Waals surface area contributed by atoms with E-state index in [9.17, 15) is 4.79 Å². The zero-order valence-electron chi connectivity index (χ0n) is 10.1. The van der Waals surface area contributed by atoms with Crippen molar-refractivity contribution in [3.63, 3.8) is 0 Å². The van der Waals surface area contributed by atoms with Crippen molar-refractivity contribution in [1.29, 1.82) is 0 Å². The summed E-state index contributed by atoms with van der Waals surface area (Å²) < 4.78 is 2.95. The third-order valence-corrected chi connectivity index (χ3v) is 4.12. The number of halogens is 1. The first-order chi connectivity index (χ1) is 8.08. The number of aromatic nitrogens is 2. The molecule has 1 aliphatic heterocycles. The number of carbonyl (C=O) groups is 1. The Labute approximate surface area is 109 Å². The van der Waals surface area contributed by atoms with Gasteiger partial charge in [0.15, 0.2) is 0 Å². The van der Waals surface area contributed by atoms with E-state index in [4.69, 9.17) is 0 Å². The smallest absolute Gasteiger partial charge is 0.220 e. The maximum absolute atomic E-state index is 11.0. The molecular weight excluding hydrogens is 284 g/mol. The first kappa shape index (κ1) is 12.6. The van der Waals surface area contributed by atoms with E-state index in [1.807, 2.05) is 18.7 Å². The Morgan fingerprint density at radius 1 is 1.65 bits per heavy atom. The minimum atomic E-state index is 0.153. The van der Waals surface area contributed by atoms with Crippen LogP contribution in [0.2, 0.25) is 0 Å². The molecule has 0 saturated carbocycles. The van der Waals surface area contributed by atoms with Gasteiger partial charge in [0.1, 0.15) is 0 Å². The Kier molecular flexibility index (Phi) is 3.83. The lowest BCUT2D eigenvalue weighted by atomic mass is 10.1. The van der Waals surface area contributed by atoms with Gasteiger partial charge in [0.05, 0.1) is 15.9 Å². The zero-order valence-corrected chi connectivity index (χ0v) is 11.7. The summed E-state index contributed by atoms with van der Waals surface area (Å²) in [5.74, 6) is 0.153. The molecule has 0 aromatic carbocycles. The van der Waals surface area contributed by atoms with Crippen LogP contribution >= 0.6 is 15.9 Å². The molecule has 0 radical (unpaired) electrons. The van der Waals surface area contributed by atoms with Crippen molar-refractivity contribution in [2.24, 2.45) is 7.05 Å². The van der Waals surface area contributed by atoms with Gasteiger partial charge >= 0.3 is 0 Å². The second-order valence-electron chi connectivity index (χ2n) is 4.39. The van der Waals surface area contributed by atoms with Crippen molar-refractivity contribution in [2.75, 3.05) is 6.54 Å². The highest BCUT2D eigenvalue weighted by Gasteiger charge is 2.18. The van der Waals surface area contributed by atoms with Crippen LogP contribution < -0.4 is 10.6 Å². The van der Waals surface area contributed by atoms with Gasteiger partial charge in [-0.25, -0.2) is 0 Å². The molecule has 1 aromatic rings. The molecule has 0 spiro atoms. The van der Waals surface area contributed by atoms with Crippen LogP contribution in [0.1, 0.15) is 24.2 Å². The van der Waals surface area contributed by atoms with Crippen LogP contribution in [0.15, 0.2) is 4.47 Å². The fourth-order valence-corrected chi connectivity index (χ4v) is 2.50. The molecule has 1 unspecified atom stereocenters. The minimum absolute atomic E-state index is 0.153. The number of aryl methyl sites for hydroxylation is 2. The number of hydrogen-bond acceptors (Lipinski definition) is 3. The highest BCUT2D eigenvalue weighted by atomic mass is 79.9. The summed E-state index contributed by atoms with van der Waals surface area (Å²) >= 11 is 3.54. The standard InChI is InChI=1S/C11H17BrN4O/c1-7-11(12)9(16(2)15-7)6-13-8-3-4-10(17)14-5-8/h8,13H,3-6H2,1-2H3,(H,14,17). The molecule has 94 valence electrons. The number of rotatable bonds is 3. The van der Waals surface area contributed by atoms with Crippen molar-refractivity contribution >= 4 is 21.8 Å². The highest BCUT2D eigenvalue weighted by Crippen LogP contribution is 2.20. The average molecular weight is 301 g/mol. The predicted octanol–water partition coefficient (Wildman–Crippen LogP) is 0.859. The van der Waals surface area contributed by atoms with Gasteiger partial charge in [-0.05, 0) is 29.3 Å². The quantitative estimate of drug-likeness (QED) is 0.870. The predicted molar refractivity (Wildman–Crippen MR) is 68.5 cm³/mol. The second-order valence-corrected chi connectivity index (χ2v) is 5.18. The molecule has 2 heterocycles. The van der Waals surface area contributed by atoms with E-state index in [2.05, 4.69) is 31.7 Å². The summed E-state index contributed by atoms with van der Waals surface area (Å²) in [5, 5.41) is 10.7. The second kappa shape index (κ2) is 5.18. The van der Waals surface area contributed by atoms with Crippen LogP contribution in [0.5, 0.6) is 0 Å². The molecule has 1 aromatic heterocycles. The summed E-state index contributed by atoms with van der Waals surface area (Å²) in [7, 11) is 1.94. The Morgan fingerprint density at radius 2 is 2.41 bits per heavy atom. The third kappa shape index (κ3) is 2.87. The van der Waals surface area contributed by atoms with Crippen LogP contribution in [-0.2, 0) is 18.4 Å². The molecular formula is C11H17BrN4O. The van der Waals surface area contributed by atoms with E-state index in [0.29, 0.717) is 19.0 Å². The van der Waals surface area contributed by atoms with Crippen molar-refractivity contribution in [2.45, 2.75) is 32.4 Å². The molecule has 6 heteroatoms. The Hall–Kier alpha value is -0.880. The van der Waals surface area contributed by atoms with Crippen molar-refractivity contribution in [3.8, 4) is 0 Å². The van der Waals surface area contributed by atoms with Crippen LogP contribution in [-0.4, -0.2) is 28.3 Å². The molecule has 5 nitrogen and oxygen atoms in total. The monoisotopic (exact) mass is 300 g/mol. The Balaban J connectivity index is 1.91. The van der Waals surface area contributed by atoms with E-state index < -0.39 is 0 Å². The summed E-state index contributed by atoms with van der Waals surface area (Å²) in [6, 6.07) is 0.356. The number of nitrogens with zero attached hydrogens (tertiary/aromatic N) is 2. The van der Waals surface area contributed by atoms with Gasteiger partial charge in [0, 0.05) is 32.6 Å². The number of hydrogen-bond donors (Lipinski definition) is 2. The van der Waals surface area contributed by atoms with E-state index in [0.717, 1.165) is 28.8 Å². The number of amides is 1. The SMILES string of the molecule is Cc1nn(C)c(CNC2CCC(=O)NC2)c1Br. The maximum Gasteiger partial charge on any atom is 0.220 e. The van der Waals surface area contributed by atoms with E-state index >= 15 is 0 Å². The topological polar surface area (TPSA) is 59.0 Å². The number of piperidine rings is 1. The van der Waals surface area contributed by atoms with Gasteiger partial charge in [-0.1, -0.05) is 0 Å². The summed E-state index contributed by atoms with van der Waals surface area (Å²) in [6.45, 7) is 3.46. The number of nitrogens with one attached hydrogen (secondary N) is 2. The van der Waals surface area contributed by atoms with Crippen LogP contribution in [0.3, 0.4) is 0 Å². The summed E-state index contributed by atoms with van der Waals surface area (Å²) in [5.41, 5.74) is 2.14. The van der Waals surface area contributed by atoms with Crippen molar-refractivity contribution in [1.82, 2.24) is 20.4 Å². The largest absolute Gasteiger partial charge is 0.355 e. The van der Waals surface area contributed by atoms with Gasteiger partial charge in [-0.2, -0.15) is 5.10 Å². The molecule has 0 aliphatic carbocycles. The lowest BCUT2D eigenvalue weighted by Crippen LogP contribution is -2.45. The first-order valence-corrected chi connectivity index (χ1v) is 6.55. The van der Waals surface area contributed by atoms with Crippen molar-refractivity contribution in [3.05, 3.63) is 15.9 Å². The molecule has 1 saturated heterocycles. The fourth-order valence-electron chi connectivity index (χ4n) is 2.02. The van der Waals surface area contributed by atoms with Gasteiger partial charge < -0.3 is 10.6 Å². The molecule has 2 N–H and O–H groups in total. The molecule has 0 bridgehead atoms. The van der Waals surface area contributed by atoms with Gasteiger partial charge in [0.25, 0.3) is 0 Å². The zero-order chi connectivity index (χ0) is 12.4. The minimum Gasteiger partial charge on any atom is -0.355 e. The molecule has 17 heavy (non-hydrogen) atoms. The summed E-state index contributed by atoms with van der Waals surface area (Å²) in [6.07, 6.45) is 1.52.